The molecule has 1 amide bonds. The van der Waals surface area contributed by atoms with Crippen molar-refractivity contribution in [1.82, 2.24) is 14.8 Å². The highest BCUT2D eigenvalue weighted by molar-refractivity contribution is 5.71. The molecule has 2 aliphatic rings. The fraction of sp³-hybridized carbons (Fsp3) is 0.368. The van der Waals surface area contributed by atoms with Crippen molar-refractivity contribution in [3.8, 4) is 0 Å². The van der Waals surface area contributed by atoms with E-state index in [1.165, 1.54) is 17.7 Å². The van der Waals surface area contributed by atoms with Gasteiger partial charge >= 0.3 is 6.09 Å². The van der Waals surface area contributed by atoms with Crippen LogP contribution in [0.3, 0.4) is 0 Å². The number of hydrogen-bond donors (Lipinski definition) is 0. The highest BCUT2D eigenvalue weighted by Gasteiger charge is 2.47. The Labute approximate surface area is 146 Å². The van der Waals surface area contributed by atoms with Gasteiger partial charge in [-0.2, -0.15) is 0 Å². The zero-order valence-corrected chi connectivity index (χ0v) is 13.8. The summed E-state index contributed by atoms with van der Waals surface area (Å²) >= 11 is 0. The van der Waals surface area contributed by atoms with Gasteiger partial charge in [0.15, 0.2) is 0 Å². The van der Waals surface area contributed by atoms with E-state index >= 15 is 0 Å². The van der Waals surface area contributed by atoms with Crippen LogP contribution in [0.1, 0.15) is 11.1 Å². The lowest BCUT2D eigenvalue weighted by Crippen LogP contribution is -2.39. The van der Waals surface area contributed by atoms with Crippen molar-refractivity contribution in [2.45, 2.75) is 25.1 Å². The minimum absolute atomic E-state index is 0.0671. The Kier molecular flexibility index (Phi) is 4.36. The lowest BCUT2D eigenvalue weighted by molar-refractivity contribution is 0.120. The third-order valence-corrected chi connectivity index (χ3v) is 4.91. The van der Waals surface area contributed by atoms with Crippen molar-refractivity contribution >= 4 is 6.09 Å². The van der Waals surface area contributed by atoms with Gasteiger partial charge in [0.25, 0.3) is 0 Å². The number of carbonyl (C=O) groups is 1. The molecule has 2 fully saturated rings. The van der Waals surface area contributed by atoms with Gasteiger partial charge in [0.1, 0.15) is 11.9 Å². The molecule has 0 radical (unpaired) electrons. The zero-order chi connectivity index (χ0) is 17.2. The lowest BCUT2D eigenvalue weighted by Gasteiger charge is -2.22. The van der Waals surface area contributed by atoms with Gasteiger partial charge in [-0.15, -0.1) is 0 Å². The summed E-state index contributed by atoms with van der Waals surface area (Å²) < 4.78 is 18.5. The Morgan fingerprint density at radius 3 is 2.60 bits per heavy atom. The van der Waals surface area contributed by atoms with Gasteiger partial charge in [0.2, 0.25) is 0 Å². The summed E-state index contributed by atoms with van der Waals surface area (Å²) in [6.07, 6.45) is 3.98. The number of fused-ring (bicyclic) bond motifs is 1. The van der Waals surface area contributed by atoms with Crippen LogP contribution in [0.2, 0.25) is 0 Å². The van der Waals surface area contributed by atoms with E-state index in [1.54, 1.807) is 24.5 Å². The molecular weight excluding hydrogens is 321 g/mol. The van der Waals surface area contributed by atoms with E-state index in [2.05, 4.69) is 9.88 Å². The number of benzene rings is 1. The average Bonchev–Trinajstić information content (AvgIpc) is 3.12. The topological polar surface area (TPSA) is 45.7 Å². The Bertz CT molecular complexity index is 738. The number of pyridine rings is 1. The molecule has 0 aliphatic carbocycles. The van der Waals surface area contributed by atoms with Gasteiger partial charge in [0.05, 0.1) is 6.04 Å². The molecule has 3 heterocycles. The van der Waals surface area contributed by atoms with Crippen LogP contribution in [0.4, 0.5) is 9.18 Å². The number of hydrogen-bond acceptors (Lipinski definition) is 4. The van der Waals surface area contributed by atoms with E-state index in [0.717, 1.165) is 25.2 Å². The maximum Gasteiger partial charge on any atom is 0.410 e. The molecule has 1 aromatic carbocycles. The minimum atomic E-state index is -0.244. The summed E-state index contributed by atoms with van der Waals surface area (Å²) in [6, 6.07) is 10.5. The molecule has 1 aromatic heterocycles. The second kappa shape index (κ2) is 6.80. The van der Waals surface area contributed by atoms with Crippen LogP contribution in [0.15, 0.2) is 48.8 Å². The normalized spacial score (nSPS) is 22.9. The van der Waals surface area contributed by atoms with Gasteiger partial charge < -0.3 is 4.74 Å². The molecule has 0 saturated carbocycles. The molecule has 130 valence electrons. The number of likely N-dealkylation sites (tertiary alicyclic amines) is 1. The van der Waals surface area contributed by atoms with E-state index in [4.69, 9.17) is 4.74 Å². The Morgan fingerprint density at radius 2 is 1.84 bits per heavy atom. The maximum absolute atomic E-state index is 13.0. The fourth-order valence-corrected chi connectivity index (χ4v) is 3.61. The van der Waals surface area contributed by atoms with Gasteiger partial charge in [-0.05, 0) is 41.8 Å². The number of aromatic nitrogens is 1. The number of amides is 1. The number of ether oxygens (including phenoxy) is 1. The molecule has 4 rings (SSSR count). The van der Waals surface area contributed by atoms with E-state index < -0.39 is 0 Å². The summed E-state index contributed by atoms with van der Waals surface area (Å²) in [6.45, 7) is 2.99. The van der Waals surface area contributed by atoms with Crippen LogP contribution in [-0.2, 0) is 17.7 Å². The van der Waals surface area contributed by atoms with Crippen molar-refractivity contribution in [3.63, 3.8) is 0 Å². The molecule has 0 N–H and O–H groups in total. The van der Waals surface area contributed by atoms with Crippen LogP contribution < -0.4 is 0 Å². The van der Waals surface area contributed by atoms with Crippen LogP contribution in [0.5, 0.6) is 0 Å². The van der Waals surface area contributed by atoms with Gasteiger partial charge in [-0.1, -0.05) is 12.1 Å². The highest BCUT2D eigenvalue weighted by atomic mass is 19.1. The number of carbonyl (C=O) groups excluding carboxylic acids is 1. The number of halogens is 1. The Balaban J connectivity index is 1.37. The highest BCUT2D eigenvalue weighted by Crippen LogP contribution is 2.28. The van der Waals surface area contributed by atoms with E-state index in [-0.39, 0.29) is 24.1 Å². The van der Waals surface area contributed by atoms with Crippen LogP contribution >= 0.6 is 0 Å². The van der Waals surface area contributed by atoms with Gasteiger partial charge in [-0.3, -0.25) is 14.8 Å². The largest absolute Gasteiger partial charge is 0.442 e. The molecule has 2 saturated heterocycles. The van der Waals surface area contributed by atoms with Crippen molar-refractivity contribution in [1.29, 1.82) is 0 Å². The molecule has 2 atom stereocenters. The summed E-state index contributed by atoms with van der Waals surface area (Å²) in [7, 11) is 0. The number of nitrogens with zero attached hydrogens (tertiary/aromatic N) is 3. The summed E-state index contributed by atoms with van der Waals surface area (Å²) in [4.78, 5) is 20.3. The second-order valence-corrected chi connectivity index (χ2v) is 6.61. The molecule has 0 unspecified atom stereocenters. The van der Waals surface area contributed by atoms with Crippen molar-refractivity contribution in [3.05, 3.63) is 65.7 Å². The first-order valence-electron chi connectivity index (χ1n) is 8.52. The van der Waals surface area contributed by atoms with Crippen molar-refractivity contribution in [2.75, 3.05) is 19.6 Å². The molecule has 6 heteroatoms. The summed E-state index contributed by atoms with van der Waals surface area (Å²) in [5, 5.41) is 0. The first kappa shape index (κ1) is 16.0. The molecule has 25 heavy (non-hydrogen) atoms. The summed E-state index contributed by atoms with van der Waals surface area (Å²) in [5.41, 5.74) is 2.23. The first-order chi connectivity index (χ1) is 12.2. The van der Waals surface area contributed by atoms with Gasteiger partial charge in [0, 0.05) is 38.6 Å². The fourth-order valence-electron chi connectivity index (χ4n) is 3.61. The maximum atomic E-state index is 13.0. The minimum Gasteiger partial charge on any atom is -0.442 e. The predicted octanol–water partition coefficient (Wildman–Crippen LogP) is 2.47. The molecule has 2 aromatic rings. The third kappa shape index (κ3) is 3.49. The van der Waals surface area contributed by atoms with Gasteiger partial charge in [-0.25, -0.2) is 9.18 Å². The van der Waals surface area contributed by atoms with Crippen LogP contribution in [0.25, 0.3) is 0 Å². The quantitative estimate of drug-likeness (QED) is 0.838. The van der Waals surface area contributed by atoms with Crippen LogP contribution in [0, 0.1) is 5.82 Å². The Hall–Kier alpha value is -2.47. The number of rotatable bonds is 5. The molecule has 0 bridgehead atoms. The zero-order valence-electron chi connectivity index (χ0n) is 13.8. The predicted molar refractivity (Wildman–Crippen MR) is 90.4 cm³/mol. The lowest BCUT2D eigenvalue weighted by atomic mass is 10.1. The van der Waals surface area contributed by atoms with E-state index in [9.17, 15) is 9.18 Å². The van der Waals surface area contributed by atoms with E-state index in [0.29, 0.717) is 13.0 Å². The third-order valence-electron chi connectivity index (χ3n) is 4.91. The molecule has 5 nitrogen and oxygen atoms in total. The second-order valence-electron chi connectivity index (χ2n) is 6.61. The summed E-state index contributed by atoms with van der Waals surface area (Å²) in [5.74, 6) is -0.244. The van der Waals surface area contributed by atoms with Crippen molar-refractivity contribution in [2.24, 2.45) is 0 Å². The van der Waals surface area contributed by atoms with Crippen LogP contribution in [-0.4, -0.2) is 52.7 Å². The Morgan fingerprint density at radius 1 is 1.08 bits per heavy atom. The molecular formula is C19H20FN3O2. The first-order valence-corrected chi connectivity index (χ1v) is 8.52. The molecule has 0 spiro atoms. The smallest absolute Gasteiger partial charge is 0.410 e. The van der Waals surface area contributed by atoms with Crippen molar-refractivity contribution < 1.29 is 13.9 Å². The standard InChI is InChI=1S/C19H20FN3O2/c20-16-3-1-14(2-4-16)7-10-23-17-12-22(13-18(17)25-19(23)24)11-15-5-8-21-9-6-15/h1-6,8-9,17-18H,7,10-13H2/t17-,18+/m0/s1. The van der Waals surface area contributed by atoms with E-state index in [1.807, 2.05) is 17.0 Å². The average molecular weight is 341 g/mol. The SMILES string of the molecule is O=C1O[C@@H]2CN(Cc3ccncc3)C[C@@H]2N1CCc1ccc(F)cc1. The molecule has 2 aliphatic heterocycles. The monoisotopic (exact) mass is 341 g/mol.